The highest BCUT2D eigenvalue weighted by molar-refractivity contribution is 9.13. The van der Waals surface area contributed by atoms with Gasteiger partial charge in [0.25, 0.3) is 0 Å². The molecule has 0 bridgehead atoms. The van der Waals surface area contributed by atoms with Crippen LogP contribution in [0.3, 0.4) is 0 Å². The molecule has 1 N–H and O–H groups in total. The summed E-state index contributed by atoms with van der Waals surface area (Å²) in [5.41, 5.74) is -0.187. The topological polar surface area (TPSA) is 20.2 Å². The Bertz CT molecular complexity index is 338. The van der Waals surface area contributed by atoms with Crippen molar-refractivity contribution in [2.75, 3.05) is 0 Å². The minimum absolute atomic E-state index is 0.187. The summed E-state index contributed by atoms with van der Waals surface area (Å²) >= 11 is 6.17. The second-order valence-electron chi connectivity index (χ2n) is 2.62. The van der Waals surface area contributed by atoms with Crippen LogP contribution < -0.4 is 0 Å². The van der Waals surface area contributed by atoms with Crippen molar-refractivity contribution in [1.29, 1.82) is 0 Å². The van der Waals surface area contributed by atoms with Crippen LogP contribution in [0.5, 0.6) is 0 Å². The molecule has 0 aromatic heterocycles. The lowest BCUT2D eigenvalue weighted by Gasteiger charge is -2.15. The molecule has 0 amide bonds. The van der Waals surface area contributed by atoms with E-state index in [0.717, 1.165) is 0 Å². The minimum atomic E-state index is -4.63. The fourth-order valence-corrected chi connectivity index (χ4v) is 1.51. The highest BCUT2D eigenvalue weighted by atomic mass is 79.9. The first-order valence-electron chi connectivity index (χ1n) is 3.52. The molecule has 1 unspecified atom stereocenters. The van der Waals surface area contributed by atoms with Gasteiger partial charge < -0.3 is 5.11 Å². The van der Waals surface area contributed by atoms with Crippen LogP contribution in [-0.4, -0.2) is 11.3 Å². The van der Waals surface area contributed by atoms with Crippen LogP contribution in [0.15, 0.2) is 27.1 Å². The quantitative estimate of drug-likeness (QED) is 0.828. The molecule has 1 nitrogen and oxygen atoms in total. The molecule has 1 aromatic carbocycles. The van der Waals surface area contributed by atoms with E-state index < -0.39 is 12.3 Å². The number of benzene rings is 1. The summed E-state index contributed by atoms with van der Waals surface area (Å²) in [6.07, 6.45) is -7.07. The largest absolute Gasteiger partial charge is 0.418 e. The number of hydrogen-bond donors (Lipinski definition) is 1. The first-order valence-corrected chi connectivity index (χ1v) is 5.10. The van der Waals surface area contributed by atoms with Crippen molar-refractivity contribution in [2.24, 2.45) is 0 Å². The number of aliphatic hydroxyl groups excluding tert-OH is 1. The van der Waals surface area contributed by atoms with E-state index in [1.165, 1.54) is 18.2 Å². The predicted molar refractivity (Wildman–Crippen MR) is 52.9 cm³/mol. The Balaban J connectivity index is 3.03. The molecule has 1 atom stereocenters. The van der Waals surface area contributed by atoms with E-state index in [4.69, 9.17) is 5.11 Å². The first kappa shape index (κ1) is 12.0. The minimum Gasteiger partial charge on any atom is -0.379 e. The third-order valence-corrected chi connectivity index (χ3v) is 3.45. The molecular formula is C8H5Br2F3O. The van der Waals surface area contributed by atoms with Crippen molar-refractivity contribution in [2.45, 2.75) is 12.3 Å². The van der Waals surface area contributed by atoms with Crippen LogP contribution in [-0.2, 0) is 0 Å². The number of halogens is 5. The molecule has 0 spiro atoms. The molecule has 0 radical (unpaired) electrons. The van der Waals surface area contributed by atoms with Gasteiger partial charge in [-0.2, -0.15) is 13.2 Å². The lowest BCUT2D eigenvalue weighted by atomic mass is 10.1. The number of aliphatic hydroxyl groups is 1. The standard InChI is InChI=1S/C8H5Br2F3O/c9-5-2-1-4(3-6(5)10)7(14)8(11,12)13/h1-3,7,14H. The molecule has 0 saturated carbocycles. The monoisotopic (exact) mass is 332 g/mol. The molecule has 0 fully saturated rings. The molecular weight excluding hydrogens is 329 g/mol. The lowest BCUT2D eigenvalue weighted by molar-refractivity contribution is -0.206. The molecule has 0 saturated heterocycles. The van der Waals surface area contributed by atoms with Crippen molar-refractivity contribution < 1.29 is 18.3 Å². The fraction of sp³-hybridized carbons (Fsp3) is 0.250. The van der Waals surface area contributed by atoms with Gasteiger partial charge in [-0.25, -0.2) is 0 Å². The van der Waals surface area contributed by atoms with Gasteiger partial charge in [-0.15, -0.1) is 0 Å². The zero-order valence-corrected chi connectivity index (χ0v) is 9.82. The van der Waals surface area contributed by atoms with E-state index in [9.17, 15) is 13.2 Å². The normalized spacial score (nSPS) is 14.1. The molecule has 0 heterocycles. The molecule has 14 heavy (non-hydrogen) atoms. The zero-order chi connectivity index (χ0) is 10.9. The number of alkyl halides is 3. The van der Waals surface area contributed by atoms with Crippen LogP contribution in [0.2, 0.25) is 0 Å². The van der Waals surface area contributed by atoms with Crippen molar-refractivity contribution in [1.82, 2.24) is 0 Å². The fourth-order valence-electron chi connectivity index (χ4n) is 0.871. The van der Waals surface area contributed by atoms with E-state index >= 15 is 0 Å². The maximum absolute atomic E-state index is 12.1. The van der Waals surface area contributed by atoms with Crippen molar-refractivity contribution in [3.63, 3.8) is 0 Å². The number of hydrogen-bond acceptors (Lipinski definition) is 1. The van der Waals surface area contributed by atoms with Crippen LogP contribution >= 0.6 is 31.9 Å². The number of rotatable bonds is 1. The van der Waals surface area contributed by atoms with E-state index in [1.54, 1.807) is 0 Å². The Hall–Kier alpha value is -0.0700. The summed E-state index contributed by atoms with van der Waals surface area (Å²) < 4.78 is 37.4. The first-order chi connectivity index (χ1) is 6.32. The molecule has 6 heteroatoms. The van der Waals surface area contributed by atoms with Gasteiger partial charge in [-0.1, -0.05) is 6.07 Å². The summed E-state index contributed by atoms with van der Waals surface area (Å²) in [5.74, 6) is 0. The zero-order valence-electron chi connectivity index (χ0n) is 6.65. The van der Waals surface area contributed by atoms with Gasteiger partial charge in [0.05, 0.1) is 0 Å². The highest BCUT2D eigenvalue weighted by Gasteiger charge is 2.39. The van der Waals surface area contributed by atoms with Crippen molar-refractivity contribution >= 4 is 31.9 Å². The Labute approximate surface area is 95.2 Å². The van der Waals surface area contributed by atoms with Crippen LogP contribution in [0.1, 0.15) is 11.7 Å². The van der Waals surface area contributed by atoms with Gasteiger partial charge in [-0.05, 0) is 49.6 Å². The van der Waals surface area contributed by atoms with Crippen LogP contribution in [0.4, 0.5) is 13.2 Å². The SMILES string of the molecule is OC(c1ccc(Br)c(Br)c1)C(F)(F)F. The summed E-state index contributed by atoms with van der Waals surface area (Å²) in [4.78, 5) is 0. The second kappa shape index (κ2) is 4.20. The van der Waals surface area contributed by atoms with Gasteiger partial charge >= 0.3 is 6.18 Å². The molecule has 0 aliphatic carbocycles. The van der Waals surface area contributed by atoms with E-state index in [0.29, 0.717) is 8.95 Å². The Morgan fingerprint density at radius 3 is 2.14 bits per heavy atom. The van der Waals surface area contributed by atoms with Gasteiger partial charge in [0.2, 0.25) is 0 Å². The van der Waals surface area contributed by atoms with Crippen LogP contribution in [0, 0.1) is 0 Å². The Kier molecular flexibility index (Phi) is 3.60. The van der Waals surface area contributed by atoms with E-state index in [1.807, 2.05) is 0 Å². The summed E-state index contributed by atoms with van der Waals surface area (Å²) in [5, 5.41) is 8.91. The third kappa shape index (κ3) is 2.71. The maximum atomic E-state index is 12.1. The Morgan fingerprint density at radius 2 is 1.71 bits per heavy atom. The Morgan fingerprint density at radius 1 is 1.14 bits per heavy atom. The molecule has 0 aliphatic rings. The third-order valence-electron chi connectivity index (χ3n) is 1.57. The van der Waals surface area contributed by atoms with Crippen molar-refractivity contribution in [3.8, 4) is 0 Å². The van der Waals surface area contributed by atoms with Crippen molar-refractivity contribution in [3.05, 3.63) is 32.7 Å². The van der Waals surface area contributed by atoms with Crippen LogP contribution in [0.25, 0.3) is 0 Å². The summed E-state index contributed by atoms with van der Waals surface area (Å²) in [6.45, 7) is 0. The molecule has 0 aliphatic heterocycles. The molecule has 1 aromatic rings. The predicted octanol–water partition coefficient (Wildman–Crippen LogP) is 3.81. The summed E-state index contributed by atoms with van der Waals surface area (Å²) in [7, 11) is 0. The van der Waals surface area contributed by atoms with Gasteiger partial charge in [0.1, 0.15) is 0 Å². The van der Waals surface area contributed by atoms with Gasteiger partial charge in [-0.3, -0.25) is 0 Å². The average molecular weight is 334 g/mol. The highest BCUT2D eigenvalue weighted by Crippen LogP contribution is 2.35. The van der Waals surface area contributed by atoms with Gasteiger partial charge in [0.15, 0.2) is 6.10 Å². The maximum Gasteiger partial charge on any atom is 0.418 e. The smallest absolute Gasteiger partial charge is 0.379 e. The van der Waals surface area contributed by atoms with E-state index in [-0.39, 0.29) is 5.56 Å². The summed E-state index contributed by atoms with van der Waals surface area (Å²) in [6, 6.07) is 3.88. The average Bonchev–Trinajstić information content (AvgIpc) is 2.07. The molecule has 78 valence electrons. The molecule has 1 rings (SSSR count). The van der Waals surface area contributed by atoms with E-state index in [2.05, 4.69) is 31.9 Å². The second-order valence-corrected chi connectivity index (χ2v) is 4.33. The lowest BCUT2D eigenvalue weighted by Crippen LogP contribution is -2.20. The van der Waals surface area contributed by atoms with Gasteiger partial charge in [0, 0.05) is 8.95 Å².